The number of esters is 1. The number of benzene rings is 1. The summed E-state index contributed by atoms with van der Waals surface area (Å²) in [5, 5.41) is 24.1. The Morgan fingerprint density at radius 2 is 2.03 bits per heavy atom. The van der Waals surface area contributed by atoms with Crippen molar-refractivity contribution in [3.8, 4) is 6.07 Å². The molecule has 198 valence electrons. The second kappa shape index (κ2) is 11.3. The van der Waals surface area contributed by atoms with Crippen LogP contribution in [0.25, 0.3) is 0 Å². The minimum atomic E-state index is -1.53. The number of nitriles is 1. The minimum absolute atomic E-state index is 0.0364. The second-order valence-electron chi connectivity index (χ2n) is 10.4. The van der Waals surface area contributed by atoms with Crippen LogP contribution in [0.1, 0.15) is 50.8 Å². The number of carbonyl (C=O) groups is 2. The van der Waals surface area contributed by atoms with E-state index in [1.165, 1.54) is 24.4 Å². The van der Waals surface area contributed by atoms with Crippen LogP contribution in [-0.2, 0) is 19.7 Å². The minimum Gasteiger partial charge on any atom is -0.462 e. The number of hydrogen-bond acceptors (Lipinski definition) is 7. The number of aliphatic hydroxyl groups excluding tert-OH is 1. The number of pyridine rings is 1. The zero-order valence-electron chi connectivity index (χ0n) is 20.7. The number of aliphatic hydroxyl groups is 1. The smallest absolute Gasteiger partial charge is 0.323 e. The number of halogens is 3. The summed E-state index contributed by atoms with van der Waals surface area (Å²) in [5.41, 5.74) is 3.60. The lowest BCUT2D eigenvalue weighted by atomic mass is 9.64. The molecule has 3 rings (SSSR count). The molecule has 0 aliphatic carbocycles. The summed E-state index contributed by atoms with van der Waals surface area (Å²) in [6.07, 6.45) is 0.0911. The van der Waals surface area contributed by atoms with E-state index in [1.54, 1.807) is 12.1 Å². The molecular formula is C26H29Cl2FN4O4. The fourth-order valence-corrected chi connectivity index (χ4v) is 5.16. The van der Waals surface area contributed by atoms with E-state index in [2.05, 4.69) is 16.4 Å². The Labute approximate surface area is 224 Å². The summed E-state index contributed by atoms with van der Waals surface area (Å²) >= 11 is 12.2. The van der Waals surface area contributed by atoms with Gasteiger partial charge in [0.15, 0.2) is 0 Å². The van der Waals surface area contributed by atoms with Gasteiger partial charge in [0, 0.05) is 18.2 Å². The Balaban J connectivity index is 2.18. The molecular weight excluding hydrogens is 522 g/mol. The van der Waals surface area contributed by atoms with Gasteiger partial charge in [-0.25, -0.2) is 4.39 Å². The van der Waals surface area contributed by atoms with Gasteiger partial charge in [0.05, 0.1) is 34.3 Å². The van der Waals surface area contributed by atoms with Crippen molar-refractivity contribution in [1.29, 1.82) is 5.26 Å². The van der Waals surface area contributed by atoms with Crippen molar-refractivity contribution in [2.24, 2.45) is 11.1 Å². The molecule has 5 atom stereocenters. The topological polar surface area (TPSA) is 138 Å². The zero-order chi connectivity index (χ0) is 27.5. The van der Waals surface area contributed by atoms with Gasteiger partial charge in [-0.1, -0.05) is 56.1 Å². The number of rotatable bonds is 8. The lowest BCUT2D eigenvalue weighted by Gasteiger charge is -2.36. The van der Waals surface area contributed by atoms with E-state index in [1.807, 2.05) is 20.8 Å². The molecule has 4 N–H and O–H groups in total. The molecule has 1 amide bonds. The average molecular weight is 551 g/mol. The van der Waals surface area contributed by atoms with Crippen LogP contribution in [0.5, 0.6) is 0 Å². The highest BCUT2D eigenvalue weighted by Crippen LogP contribution is 2.51. The van der Waals surface area contributed by atoms with Crippen molar-refractivity contribution in [1.82, 2.24) is 10.3 Å². The Morgan fingerprint density at radius 1 is 1.32 bits per heavy atom. The molecule has 2 aromatic rings. The highest BCUT2D eigenvalue weighted by molar-refractivity contribution is 6.31. The normalized spacial score (nSPS) is 24.3. The fraction of sp³-hybridized carbons (Fsp3) is 0.462. The number of primary amides is 1. The maximum atomic E-state index is 15.5. The molecule has 1 aromatic heterocycles. The predicted octanol–water partition coefficient (Wildman–Crippen LogP) is 3.63. The lowest BCUT2D eigenvalue weighted by molar-refractivity contribution is -0.150. The molecule has 8 nitrogen and oxygen atoms in total. The monoisotopic (exact) mass is 550 g/mol. The molecule has 0 spiro atoms. The van der Waals surface area contributed by atoms with Crippen LogP contribution < -0.4 is 11.1 Å². The Bertz CT molecular complexity index is 1200. The van der Waals surface area contributed by atoms with E-state index in [4.69, 9.17) is 33.7 Å². The first-order valence-corrected chi connectivity index (χ1v) is 12.4. The van der Waals surface area contributed by atoms with Gasteiger partial charge < -0.3 is 15.6 Å². The van der Waals surface area contributed by atoms with E-state index in [0.717, 1.165) is 0 Å². The molecule has 1 fully saturated rings. The van der Waals surface area contributed by atoms with Crippen molar-refractivity contribution in [3.63, 3.8) is 0 Å². The summed E-state index contributed by atoms with van der Waals surface area (Å²) in [4.78, 5) is 28.9. The quantitative estimate of drug-likeness (QED) is 0.426. The van der Waals surface area contributed by atoms with Gasteiger partial charge in [-0.2, -0.15) is 5.26 Å². The van der Waals surface area contributed by atoms with E-state index < -0.39 is 60.2 Å². The van der Waals surface area contributed by atoms with Crippen molar-refractivity contribution < 1.29 is 23.8 Å². The Hall–Kier alpha value is -2.77. The number of carbonyl (C=O) groups excluding carboxylic acids is 2. The van der Waals surface area contributed by atoms with Gasteiger partial charge in [0.1, 0.15) is 23.9 Å². The first-order chi connectivity index (χ1) is 17.3. The van der Waals surface area contributed by atoms with Crippen molar-refractivity contribution in [3.05, 3.63) is 63.6 Å². The van der Waals surface area contributed by atoms with Gasteiger partial charge in [0.25, 0.3) is 0 Å². The number of nitrogens with two attached hydrogens (primary N) is 1. The summed E-state index contributed by atoms with van der Waals surface area (Å²) in [6.45, 7) is 5.43. The van der Waals surface area contributed by atoms with E-state index in [-0.39, 0.29) is 16.0 Å². The predicted molar refractivity (Wildman–Crippen MR) is 136 cm³/mol. The van der Waals surface area contributed by atoms with Crippen LogP contribution in [-0.4, -0.2) is 46.8 Å². The third kappa shape index (κ3) is 6.21. The van der Waals surface area contributed by atoms with E-state index >= 15 is 4.39 Å². The summed E-state index contributed by atoms with van der Waals surface area (Å²) < 4.78 is 20.8. The SMILES string of the molecule is CC(C)(C)C[C@H]1N[C@H](C(=O)OC[C@@H](O)CC(N)=O)[C@@H](c2cccc(Cl)c2F)[C@]1(C#N)c1ccc(Cl)cn1. The standard InChI is InChI=1S/C26H29Cl2FN4O4/c1-25(2,3)10-19-26(13-30,18-8-7-14(27)11-32-18)21(16-5-4-6-17(28)22(16)29)23(33-19)24(36)37-12-15(34)9-20(31)35/h4-8,11,15,19,21,23,33-34H,9-10,12H2,1-3H3,(H2,31,35)/t15-,19+,21+,23-,26+/m0/s1. The van der Waals surface area contributed by atoms with Crippen LogP contribution in [0.4, 0.5) is 4.39 Å². The van der Waals surface area contributed by atoms with Crippen molar-refractivity contribution >= 4 is 35.1 Å². The summed E-state index contributed by atoms with van der Waals surface area (Å²) in [6, 6.07) is 8.03. The van der Waals surface area contributed by atoms with Gasteiger partial charge in [-0.3, -0.25) is 19.9 Å². The molecule has 0 bridgehead atoms. The van der Waals surface area contributed by atoms with Gasteiger partial charge in [-0.15, -0.1) is 0 Å². The van der Waals surface area contributed by atoms with Crippen LogP contribution in [0.3, 0.4) is 0 Å². The first-order valence-electron chi connectivity index (χ1n) is 11.7. The summed E-state index contributed by atoms with van der Waals surface area (Å²) in [5.74, 6) is -3.48. The highest BCUT2D eigenvalue weighted by atomic mass is 35.5. The van der Waals surface area contributed by atoms with Crippen molar-refractivity contribution in [2.45, 2.75) is 63.1 Å². The molecule has 37 heavy (non-hydrogen) atoms. The molecule has 11 heteroatoms. The number of nitrogens with one attached hydrogen (secondary N) is 1. The zero-order valence-corrected chi connectivity index (χ0v) is 22.2. The van der Waals surface area contributed by atoms with E-state index in [0.29, 0.717) is 17.1 Å². The molecule has 2 heterocycles. The molecule has 1 aliphatic heterocycles. The van der Waals surface area contributed by atoms with Crippen molar-refractivity contribution in [2.75, 3.05) is 6.61 Å². The van der Waals surface area contributed by atoms with Gasteiger partial charge >= 0.3 is 5.97 Å². The Kier molecular flexibility index (Phi) is 8.81. The molecule has 1 saturated heterocycles. The molecule has 0 saturated carbocycles. The van der Waals surface area contributed by atoms with Crippen LogP contribution in [0.15, 0.2) is 36.5 Å². The third-order valence-electron chi connectivity index (χ3n) is 6.33. The highest BCUT2D eigenvalue weighted by Gasteiger charge is 2.61. The molecule has 1 aliphatic rings. The number of hydrogen-bond donors (Lipinski definition) is 3. The molecule has 0 radical (unpaired) electrons. The molecule has 0 unspecified atom stereocenters. The first kappa shape index (κ1) is 28.8. The maximum Gasteiger partial charge on any atom is 0.323 e. The number of aromatic nitrogens is 1. The largest absolute Gasteiger partial charge is 0.462 e. The molecule has 1 aromatic carbocycles. The number of nitrogens with zero attached hydrogens (tertiary/aromatic N) is 2. The van der Waals surface area contributed by atoms with Gasteiger partial charge in [-0.05, 0) is 35.6 Å². The van der Waals surface area contributed by atoms with Crippen LogP contribution >= 0.6 is 23.2 Å². The summed E-state index contributed by atoms with van der Waals surface area (Å²) in [7, 11) is 0. The van der Waals surface area contributed by atoms with Gasteiger partial charge in [0.2, 0.25) is 5.91 Å². The van der Waals surface area contributed by atoms with Crippen LogP contribution in [0, 0.1) is 22.6 Å². The third-order valence-corrected chi connectivity index (χ3v) is 6.85. The number of ether oxygens (including phenoxy) is 1. The van der Waals surface area contributed by atoms with E-state index in [9.17, 15) is 20.0 Å². The second-order valence-corrected chi connectivity index (χ2v) is 11.2. The lowest BCUT2D eigenvalue weighted by Crippen LogP contribution is -2.44. The average Bonchev–Trinajstić information content (AvgIpc) is 3.12. The maximum absolute atomic E-state index is 15.5. The van der Waals surface area contributed by atoms with Crippen LogP contribution in [0.2, 0.25) is 10.0 Å². The Morgan fingerprint density at radius 3 is 2.59 bits per heavy atom. The number of amides is 1. The fourth-order valence-electron chi connectivity index (χ4n) is 4.87.